The first-order chi connectivity index (χ1) is 12.6. The third-order valence-corrected chi connectivity index (χ3v) is 4.39. The molecule has 0 bridgehead atoms. The molecular formula is C21H23N3O2. The van der Waals surface area contributed by atoms with Gasteiger partial charge in [0.1, 0.15) is 0 Å². The smallest absolute Gasteiger partial charge is 0.224 e. The lowest BCUT2D eigenvalue weighted by Gasteiger charge is -2.21. The van der Waals surface area contributed by atoms with E-state index in [1.165, 1.54) is 0 Å². The summed E-state index contributed by atoms with van der Waals surface area (Å²) in [6, 6.07) is 17.8. The van der Waals surface area contributed by atoms with Crippen molar-refractivity contribution < 1.29 is 9.59 Å². The number of fused-ring (bicyclic) bond motifs is 1. The van der Waals surface area contributed by atoms with Crippen molar-refractivity contribution in [1.82, 2.24) is 15.2 Å². The number of amides is 2. The number of para-hydroxylation sites is 1. The number of aromatic nitrogens is 1. The van der Waals surface area contributed by atoms with Gasteiger partial charge in [0.25, 0.3) is 0 Å². The number of aromatic amines is 1. The number of rotatable bonds is 7. The second kappa shape index (κ2) is 8.34. The van der Waals surface area contributed by atoms with Gasteiger partial charge in [0, 0.05) is 43.7 Å². The molecule has 3 aromatic rings. The van der Waals surface area contributed by atoms with Crippen molar-refractivity contribution in [3.05, 3.63) is 71.9 Å². The number of hydrogen-bond acceptors (Lipinski definition) is 2. The van der Waals surface area contributed by atoms with Crippen molar-refractivity contribution in [3.8, 4) is 0 Å². The fourth-order valence-corrected chi connectivity index (χ4v) is 3.00. The Hall–Kier alpha value is -3.08. The quantitative estimate of drug-likeness (QED) is 0.689. The lowest BCUT2D eigenvalue weighted by molar-refractivity contribution is -0.130. The van der Waals surface area contributed by atoms with E-state index in [4.69, 9.17) is 0 Å². The molecule has 0 spiro atoms. The maximum atomic E-state index is 12.2. The Morgan fingerprint density at radius 3 is 2.54 bits per heavy atom. The van der Waals surface area contributed by atoms with Gasteiger partial charge < -0.3 is 15.2 Å². The van der Waals surface area contributed by atoms with Crippen molar-refractivity contribution >= 4 is 22.7 Å². The largest absolute Gasteiger partial charge is 0.361 e. The molecule has 0 saturated carbocycles. The maximum absolute atomic E-state index is 12.2. The van der Waals surface area contributed by atoms with Crippen molar-refractivity contribution in [1.29, 1.82) is 0 Å². The molecule has 1 heterocycles. The SMILES string of the molecule is CC(=O)N(CCNC(=O)Cc1c[nH]c2ccccc12)Cc1ccccc1. The molecule has 0 atom stereocenters. The summed E-state index contributed by atoms with van der Waals surface area (Å²) >= 11 is 0. The molecule has 2 aromatic carbocycles. The minimum Gasteiger partial charge on any atom is -0.361 e. The number of H-pyrrole nitrogens is 1. The molecule has 134 valence electrons. The maximum Gasteiger partial charge on any atom is 0.224 e. The first-order valence-electron chi connectivity index (χ1n) is 8.74. The standard InChI is InChI=1S/C21H23N3O2/c1-16(25)24(15-17-7-3-2-4-8-17)12-11-22-21(26)13-18-14-23-20-10-6-5-9-19(18)20/h2-10,14,23H,11-13,15H2,1H3,(H,22,26). The Balaban J connectivity index is 1.51. The van der Waals surface area contributed by atoms with Gasteiger partial charge in [-0.05, 0) is 17.2 Å². The number of nitrogens with zero attached hydrogens (tertiary/aromatic N) is 1. The zero-order valence-corrected chi connectivity index (χ0v) is 14.9. The van der Waals surface area contributed by atoms with Crippen molar-refractivity contribution in [2.75, 3.05) is 13.1 Å². The highest BCUT2D eigenvalue weighted by Crippen LogP contribution is 2.17. The summed E-state index contributed by atoms with van der Waals surface area (Å²) in [5.74, 6) is -0.0438. The van der Waals surface area contributed by atoms with Gasteiger partial charge in [0.15, 0.2) is 0 Å². The summed E-state index contributed by atoms with van der Waals surface area (Å²) in [6.45, 7) is 3.03. The van der Waals surface area contributed by atoms with Crippen LogP contribution in [-0.2, 0) is 22.6 Å². The fourth-order valence-electron chi connectivity index (χ4n) is 3.00. The normalized spacial score (nSPS) is 10.7. The average Bonchev–Trinajstić information content (AvgIpc) is 3.04. The average molecular weight is 349 g/mol. The van der Waals surface area contributed by atoms with Crippen LogP contribution in [0.2, 0.25) is 0 Å². The Bertz CT molecular complexity index is 886. The van der Waals surface area contributed by atoms with E-state index in [0.29, 0.717) is 26.1 Å². The van der Waals surface area contributed by atoms with Crippen molar-refractivity contribution in [3.63, 3.8) is 0 Å². The highest BCUT2D eigenvalue weighted by atomic mass is 16.2. The number of hydrogen-bond donors (Lipinski definition) is 2. The van der Waals surface area contributed by atoms with Gasteiger partial charge in [0.2, 0.25) is 11.8 Å². The van der Waals surface area contributed by atoms with E-state index in [2.05, 4.69) is 10.3 Å². The molecule has 3 rings (SSSR count). The van der Waals surface area contributed by atoms with Crippen LogP contribution < -0.4 is 5.32 Å². The first-order valence-corrected chi connectivity index (χ1v) is 8.74. The van der Waals surface area contributed by atoms with Crippen molar-refractivity contribution in [2.24, 2.45) is 0 Å². The Morgan fingerprint density at radius 2 is 1.77 bits per heavy atom. The van der Waals surface area contributed by atoms with Crippen LogP contribution in [0.3, 0.4) is 0 Å². The summed E-state index contributed by atoms with van der Waals surface area (Å²) in [7, 11) is 0. The van der Waals surface area contributed by atoms with Crippen LogP contribution >= 0.6 is 0 Å². The molecule has 0 radical (unpaired) electrons. The molecule has 0 unspecified atom stereocenters. The molecular weight excluding hydrogens is 326 g/mol. The topological polar surface area (TPSA) is 65.2 Å². The van der Waals surface area contributed by atoms with Crippen LogP contribution in [0.4, 0.5) is 0 Å². The van der Waals surface area contributed by atoms with E-state index in [0.717, 1.165) is 22.0 Å². The summed E-state index contributed by atoms with van der Waals surface area (Å²) in [6.07, 6.45) is 2.20. The van der Waals surface area contributed by atoms with E-state index in [-0.39, 0.29) is 11.8 Å². The van der Waals surface area contributed by atoms with E-state index in [1.54, 1.807) is 11.8 Å². The van der Waals surface area contributed by atoms with Crippen LogP contribution in [0.15, 0.2) is 60.8 Å². The van der Waals surface area contributed by atoms with Gasteiger partial charge >= 0.3 is 0 Å². The van der Waals surface area contributed by atoms with Gasteiger partial charge in [-0.25, -0.2) is 0 Å². The predicted molar refractivity (Wildman–Crippen MR) is 103 cm³/mol. The van der Waals surface area contributed by atoms with Gasteiger partial charge in [-0.2, -0.15) is 0 Å². The summed E-state index contributed by atoms with van der Waals surface area (Å²) in [4.78, 5) is 29.0. The molecule has 2 amide bonds. The van der Waals surface area contributed by atoms with E-state index < -0.39 is 0 Å². The fraction of sp³-hybridized carbons (Fsp3) is 0.238. The van der Waals surface area contributed by atoms with Crippen LogP contribution in [0.5, 0.6) is 0 Å². The van der Waals surface area contributed by atoms with Gasteiger partial charge in [-0.1, -0.05) is 48.5 Å². The molecule has 5 nitrogen and oxygen atoms in total. The third kappa shape index (κ3) is 4.51. The second-order valence-corrected chi connectivity index (χ2v) is 6.31. The molecule has 5 heteroatoms. The molecule has 26 heavy (non-hydrogen) atoms. The monoisotopic (exact) mass is 349 g/mol. The minimum atomic E-state index is -0.0435. The van der Waals surface area contributed by atoms with Crippen LogP contribution in [0.25, 0.3) is 10.9 Å². The molecule has 0 aliphatic carbocycles. The van der Waals surface area contributed by atoms with Crippen molar-refractivity contribution in [2.45, 2.75) is 19.9 Å². The molecule has 0 aliphatic heterocycles. The lowest BCUT2D eigenvalue weighted by Crippen LogP contribution is -2.37. The highest BCUT2D eigenvalue weighted by molar-refractivity contribution is 5.88. The lowest BCUT2D eigenvalue weighted by atomic mass is 10.1. The highest BCUT2D eigenvalue weighted by Gasteiger charge is 2.11. The molecule has 0 fully saturated rings. The molecule has 1 aromatic heterocycles. The van der Waals surface area contributed by atoms with Gasteiger partial charge in [-0.15, -0.1) is 0 Å². The summed E-state index contributed by atoms with van der Waals surface area (Å²) < 4.78 is 0. The van der Waals surface area contributed by atoms with Gasteiger partial charge in [0.05, 0.1) is 6.42 Å². The summed E-state index contributed by atoms with van der Waals surface area (Å²) in [5.41, 5.74) is 3.08. The van der Waals surface area contributed by atoms with Crippen LogP contribution in [0, 0.1) is 0 Å². The third-order valence-electron chi connectivity index (χ3n) is 4.39. The van der Waals surface area contributed by atoms with E-state index >= 15 is 0 Å². The number of carbonyl (C=O) groups is 2. The second-order valence-electron chi connectivity index (χ2n) is 6.31. The molecule has 0 saturated heterocycles. The first kappa shape index (κ1) is 17.7. The molecule has 2 N–H and O–H groups in total. The minimum absolute atomic E-state index is 0.000249. The van der Waals surface area contributed by atoms with Gasteiger partial charge in [-0.3, -0.25) is 9.59 Å². The molecule has 0 aliphatic rings. The van der Waals surface area contributed by atoms with Crippen LogP contribution in [0.1, 0.15) is 18.1 Å². The Labute approximate surface area is 153 Å². The Morgan fingerprint density at radius 1 is 1.04 bits per heavy atom. The predicted octanol–water partition coefficient (Wildman–Crippen LogP) is 2.88. The zero-order valence-electron chi connectivity index (χ0n) is 14.9. The van der Waals surface area contributed by atoms with E-state index in [9.17, 15) is 9.59 Å². The number of nitrogens with one attached hydrogen (secondary N) is 2. The van der Waals surface area contributed by atoms with Crippen LogP contribution in [-0.4, -0.2) is 34.8 Å². The number of benzene rings is 2. The Kier molecular flexibility index (Phi) is 5.69. The number of carbonyl (C=O) groups excluding carboxylic acids is 2. The van der Waals surface area contributed by atoms with E-state index in [1.807, 2.05) is 60.8 Å². The zero-order chi connectivity index (χ0) is 18.4. The summed E-state index contributed by atoms with van der Waals surface area (Å²) in [5, 5.41) is 3.98.